The predicted molar refractivity (Wildman–Crippen MR) is 176 cm³/mol. The Kier molecular flexibility index (Phi) is 18.3. The molecule has 0 amide bonds. The van der Waals surface area contributed by atoms with Gasteiger partial charge in [0, 0.05) is 0 Å². The summed E-state index contributed by atoms with van der Waals surface area (Å²) < 4.78 is 1.45. The zero-order chi connectivity index (χ0) is 27.5. The smallest absolute Gasteiger partial charge is 1.00 e. The van der Waals surface area contributed by atoms with Gasteiger partial charge in [-0.15, -0.1) is 0 Å². The van der Waals surface area contributed by atoms with Gasteiger partial charge in [0.1, 0.15) is 0 Å². The minimum Gasteiger partial charge on any atom is -1.00 e. The van der Waals surface area contributed by atoms with Crippen molar-refractivity contribution in [1.82, 2.24) is 0 Å². The van der Waals surface area contributed by atoms with Crippen LogP contribution in [0, 0.1) is 0 Å². The van der Waals surface area contributed by atoms with Gasteiger partial charge in [0.2, 0.25) is 0 Å². The molecule has 2 aliphatic carbocycles. The third-order valence-corrected chi connectivity index (χ3v) is 18.1. The van der Waals surface area contributed by atoms with Crippen LogP contribution >= 0.6 is 15.8 Å². The summed E-state index contributed by atoms with van der Waals surface area (Å²) in [6.45, 7) is 9.50. The van der Waals surface area contributed by atoms with Crippen LogP contribution < -0.4 is 24.8 Å². The van der Waals surface area contributed by atoms with Crippen LogP contribution in [-0.4, -0.2) is 24.6 Å². The number of allylic oxidation sites excluding steroid dienone is 2. The summed E-state index contributed by atoms with van der Waals surface area (Å²) in [6.07, 6.45) is 25.0. The molecule has 0 N–H and O–H groups in total. The molecule has 2 unspecified atom stereocenters. The second-order valence-corrected chi connectivity index (χ2v) is 18.8. The molecule has 5 heteroatoms. The average molecular weight is 666 g/mol. The Morgan fingerprint density at radius 1 is 0.512 bits per heavy atom. The number of halogens is 2. The minimum atomic E-state index is -0.266. The first kappa shape index (κ1) is 37.3. The summed E-state index contributed by atoms with van der Waals surface area (Å²) >= 11 is -0.266. The van der Waals surface area contributed by atoms with Crippen LogP contribution in [-0.2, 0) is 19.2 Å². The van der Waals surface area contributed by atoms with Gasteiger partial charge in [-0.25, -0.2) is 0 Å². The molecular formula is C36H52Cl2P2Ti. The quantitative estimate of drug-likeness (QED) is 0.101. The topological polar surface area (TPSA) is 0 Å². The number of hydrogen-bond donors (Lipinski definition) is 0. The SMILES string of the molecule is CCCCCCP(CCCCCC)C1=Cc2ccccc2[CH]1[Ti+2][CH]1C(P(CCC)CCC)=Cc2ccccc21.[Cl-].[Cl-]. The Bertz CT molecular complexity index is 1080. The van der Waals surface area contributed by atoms with E-state index in [2.05, 4.69) is 88.4 Å². The average Bonchev–Trinajstić information content (AvgIpc) is 3.51. The first-order chi connectivity index (χ1) is 19.2. The molecule has 0 aromatic heterocycles. The van der Waals surface area contributed by atoms with Crippen molar-refractivity contribution >= 4 is 28.0 Å². The van der Waals surface area contributed by atoms with Gasteiger partial charge in [-0.2, -0.15) is 0 Å². The zero-order valence-electron chi connectivity index (χ0n) is 26.0. The molecule has 0 bridgehead atoms. The van der Waals surface area contributed by atoms with Crippen molar-refractivity contribution in [2.45, 2.75) is 100 Å². The van der Waals surface area contributed by atoms with Crippen LogP contribution in [0.2, 0.25) is 0 Å². The van der Waals surface area contributed by atoms with E-state index in [4.69, 9.17) is 0 Å². The molecule has 2 aliphatic rings. The van der Waals surface area contributed by atoms with Gasteiger partial charge in [0.15, 0.2) is 0 Å². The maximum atomic E-state index is 2.71. The van der Waals surface area contributed by atoms with Gasteiger partial charge >= 0.3 is 254 Å². The fraction of sp³-hybridized carbons (Fsp3) is 0.556. The number of unbranched alkanes of at least 4 members (excludes halogenated alkanes) is 6. The molecule has 2 atom stereocenters. The van der Waals surface area contributed by atoms with Gasteiger partial charge < -0.3 is 24.8 Å². The molecule has 0 radical (unpaired) electrons. The van der Waals surface area contributed by atoms with E-state index in [1.165, 1.54) is 88.9 Å². The van der Waals surface area contributed by atoms with Crippen LogP contribution in [0.1, 0.15) is 123 Å². The molecule has 0 aliphatic heterocycles. The van der Waals surface area contributed by atoms with E-state index in [1.54, 1.807) is 22.3 Å². The third kappa shape index (κ3) is 10.0. The predicted octanol–water partition coefficient (Wildman–Crippen LogP) is 6.21. The van der Waals surface area contributed by atoms with E-state index in [9.17, 15) is 0 Å². The van der Waals surface area contributed by atoms with E-state index in [-0.39, 0.29) is 59.8 Å². The fourth-order valence-corrected chi connectivity index (χ4v) is 16.9. The van der Waals surface area contributed by atoms with Crippen LogP contribution in [0.3, 0.4) is 0 Å². The first-order valence-corrected chi connectivity index (χ1v) is 21.3. The van der Waals surface area contributed by atoms with E-state index in [0.29, 0.717) is 0 Å². The molecule has 4 rings (SSSR count). The first-order valence-electron chi connectivity index (χ1n) is 16.1. The molecule has 2 aromatic rings. The fourth-order valence-electron chi connectivity index (χ4n) is 6.42. The molecular weight excluding hydrogens is 613 g/mol. The Morgan fingerprint density at radius 2 is 0.927 bits per heavy atom. The van der Waals surface area contributed by atoms with Crippen molar-refractivity contribution in [3.8, 4) is 0 Å². The summed E-state index contributed by atoms with van der Waals surface area (Å²) in [6, 6.07) is 19.0. The maximum absolute atomic E-state index is 2.71. The number of rotatable bonds is 18. The minimum absolute atomic E-state index is 0. The maximum Gasteiger partial charge on any atom is -1.00 e. The summed E-state index contributed by atoms with van der Waals surface area (Å²) in [4.78, 5) is 0. The van der Waals surface area contributed by atoms with Gasteiger partial charge in [-0.3, -0.25) is 0 Å². The molecule has 0 saturated heterocycles. The summed E-state index contributed by atoms with van der Waals surface area (Å²) in [5.41, 5.74) is 6.45. The summed E-state index contributed by atoms with van der Waals surface area (Å²) in [5.74, 6) is 0. The Balaban J connectivity index is 0.00000294. The van der Waals surface area contributed by atoms with Crippen LogP contribution in [0.4, 0.5) is 0 Å². The van der Waals surface area contributed by atoms with Crippen LogP contribution in [0.5, 0.6) is 0 Å². The number of benzene rings is 2. The Morgan fingerprint density at radius 3 is 1.34 bits per heavy atom. The van der Waals surface area contributed by atoms with Gasteiger partial charge in [-0.1, -0.05) is 0 Å². The second kappa shape index (κ2) is 20.2. The van der Waals surface area contributed by atoms with Crippen molar-refractivity contribution in [2.75, 3.05) is 24.6 Å². The normalized spacial score (nSPS) is 16.9. The third-order valence-electron chi connectivity index (χ3n) is 8.43. The van der Waals surface area contributed by atoms with Gasteiger partial charge in [-0.05, 0) is 0 Å². The van der Waals surface area contributed by atoms with E-state index < -0.39 is 0 Å². The molecule has 0 saturated carbocycles. The largest absolute Gasteiger partial charge is 1.00 e. The molecule has 0 heterocycles. The molecule has 2 aromatic carbocycles. The monoisotopic (exact) mass is 664 g/mol. The van der Waals surface area contributed by atoms with E-state index >= 15 is 0 Å². The number of fused-ring (bicyclic) bond motifs is 2. The summed E-state index contributed by atoms with van der Waals surface area (Å²) in [5, 5.41) is 3.77. The van der Waals surface area contributed by atoms with Crippen molar-refractivity contribution < 1.29 is 44.0 Å². The molecule has 224 valence electrons. The van der Waals surface area contributed by atoms with Crippen molar-refractivity contribution in [3.63, 3.8) is 0 Å². The van der Waals surface area contributed by atoms with Crippen molar-refractivity contribution in [2.24, 2.45) is 0 Å². The van der Waals surface area contributed by atoms with Crippen molar-refractivity contribution in [3.05, 3.63) is 81.4 Å². The Labute approximate surface area is 276 Å². The Hall–Kier alpha value is 0.0743. The zero-order valence-corrected chi connectivity index (χ0v) is 30.8. The van der Waals surface area contributed by atoms with Crippen LogP contribution in [0.15, 0.2) is 59.2 Å². The molecule has 0 spiro atoms. The van der Waals surface area contributed by atoms with Crippen molar-refractivity contribution in [1.29, 1.82) is 0 Å². The second-order valence-electron chi connectivity index (χ2n) is 11.5. The van der Waals surface area contributed by atoms with Gasteiger partial charge in [0.25, 0.3) is 0 Å². The van der Waals surface area contributed by atoms with E-state index in [0.717, 1.165) is 8.45 Å². The summed E-state index contributed by atoms with van der Waals surface area (Å²) in [7, 11) is -0.0469. The standard InChI is InChI=1S/C21H32P.C15H20P.2ClH.Ti/c1-3-5-7-11-15-22(16-12-8-6-4-2)21-17-19-13-9-10-14-20(19)18-21;1-3-9-16(10-4-2)15-11-13-7-5-6-8-14(13)12-15;;;/h9-10,13-14,17-18H,3-8,11-12,15-16H2,1-2H3;5-8,11-12H,3-4,9-10H2,1-2H3;2*1H;/q;;;;+2/p-2. The van der Waals surface area contributed by atoms with Gasteiger partial charge in [0.05, 0.1) is 0 Å². The molecule has 0 nitrogen and oxygen atoms in total. The van der Waals surface area contributed by atoms with Crippen LogP contribution in [0.25, 0.3) is 12.2 Å². The van der Waals surface area contributed by atoms with E-state index in [1.807, 2.05) is 10.6 Å². The number of hydrogen-bond acceptors (Lipinski definition) is 0. The molecule has 0 fully saturated rings. The molecule has 41 heavy (non-hydrogen) atoms.